The Morgan fingerprint density at radius 3 is 1.67 bits per heavy atom. The summed E-state index contributed by atoms with van der Waals surface area (Å²) in [6.07, 6.45) is 1.56. The summed E-state index contributed by atoms with van der Waals surface area (Å²) in [5.74, 6) is 0.0758. The minimum Gasteiger partial charge on any atom is -0.294 e. The molecule has 0 heterocycles. The fourth-order valence-electron chi connectivity index (χ4n) is 1.90. The molecule has 0 spiro atoms. The van der Waals surface area contributed by atoms with Gasteiger partial charge in [0.2, 0.25) is 0 Å². The van der Waals surface area contributed by atoms with E-state index in [0.717, 1.165) is 16.7 Å². The Morgan fingerprint density at radius 2 is 1.29 bits per heavy atom. The number of rotatable bonds is 3. The van der Waals surface area contributed by atoms with Gasteiger partial charge in [0.25, 0.3) is 0 Å². The number of ketones is 1. The molecule has 0 saturated heterocycles. The average Bonchev–Trinajstić information content (AvgIpc) is 2.48. The van der Waals surface area contributed by atoms with Gasteiger partial charge in [0.05, 0.1) is 0 Å². The molecule has 0 fully saturated rings. The molecule has 0 atom stereocenters. The van der Waals surface area contributed by atoms with Crippen LogP contribution in [0.25, 0.3) is 5.57 Å². The van der Waals surface area contributed by atoms with Crippen molar-refractivity contribution >= 4 is 11.4 Å². The highest BCUT2D eigenvalue weighted by molar-refractivity contribution is 5.95. The van der Waals surface area contributed by atoms with Crippen molar-refractivity contribution in [2.75, 3.05) is 0 Å². The molecule has 0 amide bonds. The number of hydrogen-bond acceptors (Lipinski definition) is 1. The van der Waals surface area contributed by atoms with E-state index >= 15 is 0 Å². The van der Waals surface area contributed by atoms with Crippen LogP contribution in [0.3, 0.4) is 0 Å². The van der Waals surface area contributed by atoms with Gasteiger partial charge in [-0.3, -0.25) is 4.79 Å². The van der Waals surface area contributed by atoms with Crippen LogP contribution in [0.15, 0.2) is 72.5 Å². The van der Waals surface area contributed by atoms with E-state index in [0.29, 0.717) is 0 Å². The standard InChI is InChI=1S/C20H20O/c1-20(2,3)19(21)15-14-18(16-10-6-4-7-11-16)17-12-8-5-9-13-17/h4-13,15H,1-3H3. The Balaban J connectivity index is 2.53. The first-order valence-corrected chi connectivity index (χ1v) is 7.10. The van der Waals surface area contributed by atoms with Crippen LogP contribution in [-0.2, 0) is 4.79 Å². The predicted molar refractivity (Wildman–Crippen MR) is 87.9 cm³/mol. The van der Waals surface area contributed by atoms with Crippen molar-refractivity contribution in [3.05, 3.63) is 83.6 Å². The first-order chi connectivity index (χ1) is 9.98. The smallest absolute Gasteiger partial charge is 0.168 e. The van der Waals surface area contributed by atoms with Crippen LogP contribution in [0.1, 0.15) is 31.9 Å². The van der Waals surface area contributed by atoms with Gasteiger partial charge in [-0.15, -0.1) is 5.73 Å². The zero-order valence-corrected chi connectivity index (χ0v) is 12.8. The van der Waals surface area contributed by atoms with Crippen LogP contribution in [0, 0.1) is 5.41 Å². The van der Waals surface area contributed by atoms with Crippen molar-refractivity contribution < 1.29 is 4.79 Å². The molecule has 0 aliphatic carbocycles. The summed E-state index contributed by atoms with van der Waals surface area (Å²) in [4.78, 5) is 12.1. The van der Waals surface area contributed by atoms with E-state index in [4.69, 9.17) is 0 Å². The monoisotopic (exact) mass is 276 g/mol. The molecular formula is C20H20O. The average molecular weight is 276 g/mol. The molecule has 2 rings (SSSR count). The number of carbonyl (C=O) groups excluding carboxylic acids is 1. The van der Waals surface area contributed by atoms with E-state index < -0.39 is 0 Å². The fourth-order valence-corrected chi connectivity index (χ4v) is 1.90. The van der Waals surface area contributed by atoms with Gasteiger partial charge in [-0.05, 0) is 11.1 Å². The van der Waals surface area contributed by atoms with Gasteiger partial charge < -0.3 is 0 Å². The molecule has 2 aromatic rings. The second kappa shape index (κ2) is 6.39. The Bertz CT molecular complexity index is 625. The van der Waals surface area contributed by atoms with Gasteiger partial charge in [0.1, 0.15) is 0 Å². The van der Waals surface area contributed by atoms with Crippen molar-refractivity contribution in [2.24, 2.45) is 5.41 Å². The lowest BCUT2D eigenvalue weighted by atomic mass is 9.90. The van der Waals surface area contributed by atoms with Gasteiger partial charge in [0.15, 0.2) is 5.78 Å². The molecule has 21 heavy (non-hydrogen) atoms. The van der Waals surface area contributed by atoms with E-state index in [1.807, 2.05) is 81.4 Å². The SMILES string of the molecule is CC(C)(C)C(=O)C=C=C(c1ccccc1)c1ccccc1. The maximum Gasteiger partial charge on any atom is 0.168 e. The number of hydrogen-bond donors (Lipinski definition) is 0. The van der Waals surface area contributed by atoms with Gasteiger partial charge in [-0.1, -0.05) is 81.4 Å². The Hall–Kier alpha value is -2.37. The molecule has 0 aliphatic rings. The topological polar surface area (TPSA) is 17.1 Å². The van der Waals surface area contributed by atoms with Crippen LogP contribution in [-0.4, -0.2) is 5.78 Å². The summed E-state index contributed by atoms with van der Waals surface area (Å²) in [6, 6.07) is 20.1. The van der Waals surface area contributed by atoms with Crippen LogP contribution in [0.2, 0.25) is 0 Å². The van der Waals surface area contributed by atoms with Crippen LogP contribution in [0.4, 0.5) is 0 Å². The van der Waals surface area contributed by atoms with Crippen molar-refractivity contribution in [1.82, 2.24) is 0 Å². The Kier molecular flexibility index (Phi) is 4.57. The molecule has 0 unspecified atom stereocenters. The minimum absolute atomic E-state index is 0.0758. The lowest BCUT2D eigenvalue weighted by Crippen LogP contribution is -2.16. The van der Waals surface area contributed by atoms with Crippen molar-refractivity contribution in [3.8, 4) is 0 Å². The summed E-state index contributed by atoms with van der Waals surface area (Å²) in [7, 11) is 0. The van der Waals surface area contributed by atoms with Gasteiger partial charge in [-0.2, -0.15) is 0 Å². The quantitative estimate of drug-likeness (QED) is 0.576. The summed E-state index contributed by atoms with van der Waals surface area (Å²) in [5.41, 5.74) is 5.87. The maximum absolute atomic E-state index is 12.1. The highest BCUT2D eigenvalue weighted by Gasteiger charge is 2.18. The van der Waals surface area contributed by atoms with Crippen molar-refractivity contribution in [2.45, 2.75) is 20.8 Å². The Labute approximate surface area is 126 Å². The van der Waals surface area contributed by atoms with Gasteiger partial charge in [0, 0.05) is 17.1 Å². The summed E-state index contributed by atoms with van der Waals surface area (Å²) < 4.78 is 0. The second-order valence-corrected chi connectivity index (χ2v) is 6.01. The molecule has 1 nitrogen and oxygen atoms in total. The van der Waals surface area contributed by atoms with Crippen molar-refractivity contribution in [1.29, 1.82) is 0 Å². The third kappa shape index (κ3) is 4.05. The molecular weight excluding hydrogens is 256 g/mol. The first kappa shape index (κ1) is 15.0. The normalized spacial score (nSPS) is 10.6. The lowest BCUT2D eigenvalue weighted by molar-refractivity contribution is -0.121. The van der Waals surface area contributed by atoms with Crippen LogP contribution < -0.4 is 0 Å². The molecule has 1 heteroatoms. The first-order valence-electron chi connectivity index (χ1n) is 7.10. The zero-order valence-electron chi connectivity index (χ0n) is 12.8. The fraction of sp³-hybridized carbons (Fsp3) is 0.200. The largest absolute Gasteiger partial charge is 0.294 e. The lowest BCUT2D eigenvalue weighted by Gasteiger charge is -2.12. The summed E-state index contributed by atoms with van der Waals surface area (Å²) >= 11 is 0. The molecule has 0 aliphatic heterocycles. The number of benzene rings is 2. The number of allylic oxidation sites excluding steroid dienone is 1. The Morgan fingerprint density at radius 1 is 0.857 bits per heavy atom. The third-order valence-corrected chi connectivity index (χ3v) is 3.21. The third-order valence-electron chi connectivity index (χ3n) is 3.21. The molecule has 0 aromatic heterocycles. The molecule has 0 N–H and O–H groups in total. The van der Waals surface area contributed by atoms with E-state index in [-0.39, 0.29) is 11.2 Å². The van der Waals surface area contributed by atoms with Gasteiger partial charge in [-0.25, -0.2) is 0 Å². The van der Waals surface area contributed by atoms with Crippen molar-refractivity contribution in [3.63, 3.8) is 0 Å². The molecule has 0 saturated carbocycles. The number of carbonyl (C=O) groups is 1. The molecule has 0 bridgehead atoms. The minimum atomic E-state index is -0.383. The van der Waals surface area contributed by atoms with Crippen LogP contribution >= 0.6 is 0 Å². The summed E-state index contributed by atoms with van der Waals surface area (Å²) in [5, 5.41) is 0. The molecule has 106 valence electrons. The highest BCUT2D eigenvalue weighted by Crippen LogP contribution is 2.22. The van der Waals surface area contributed by atoms with E-state index in [1.165, 1.54) is 0 Å². The van der Waals surface area contributed by atoms with E-state index in [1.54, 1.807) is 6.08 Å². The second-order valence-electron chi connectivity index (χ2n) is 6.01. The maximum atomic E-state index is 12.1. The predicted octanol–water partition coefficient (Wildman–Crippen LogP) is 4.89. The van der Waals surface area contributed by atoms with E-state index in [9.17, 15) is 4.79 Å². The molecule has 0 radical (unpaired) electrons. The zero-order chi connectivity index (χ0) is 15.3. The van der Waals surface area contributed by atoms with E-state index in [2.05, 4.69) is 5.73 Å². The van der Waals surface area contributed by atoms with Gasteiger partial charge >= 0.3 is 0 Å². The highest BCUT2D eigenvalue weighted by atomic mass is 16.1. The molecule has 2 aromatic carbocycles. The summed E-state index contributed by atoms with van der Waals surface area (Å²) in [6.45, 7) is 5.74. The van der Waals surface area contributed by atoms with Crippen LogP contribution in [0.5, 0.6) is 0 Å².